The zero-order valence-electron chi connectivity index (χ0n) is 17.0. The molecule has 154 valence electrons. The number of piperidine rings is 1. The predicted molar refractivity (Wildman–Crippen MR) is 115 cm³/mol. The molecule has 0 amide bonds. The summed E-state index contributed by atoms with van der Waals surface area (Å²) in [5.41, 5.74) is 0.930. The molecule has 0 unspecified atom stereocenters. The van der Waals surface area contributed by atoms with Crippen molar-refractivity contribution in [2.24, 2.45) is 0 Å². The van der Waals surface area contributed by atoms with Crippen LogP contribution in [0.2, 0.25) is 0 Å². The Kier molecular flexibility index (Phi) is 5.82. The summed E-state index contributed by atoms with van der Waals surface area (Å²) in [6.07, 6.45) is 4.90. The normalized spacial score (nSPS) is 19.5. The van der Waals surface area contributed by atoms with Crippen LogP contribution in [0.25, 0.3) is 10.6 Å². The molecule has 3 N–H and O–H groups in total. The fraction of sp³-hybridized carbons (Fsp3) is 0.579. The molecule has 7 nitrogen and oxygen atoms in total. The third-order valence-electron chi connectivity index (χ3n) is 4.60. The van der Waals surface area contributed by atoms with Crippen LogP contribution in [0.3, 0.4) is 0 Å². The van der Waals surface area contributed by atoms with Crippen molar-refractivity contribution >= 4 is 27.3 Å². The molecule has 0 radical (unpaired) electrons. The Balaban J connectivity index is 1.72. The average Bonchev–Trinajstić information content (AvgIpc) is 2.98. The minimum Gasteiger partial charge on any atom is -0.351 e. The molecular weight excluding hydrogens is 394 g/mol. The Morgan fingerprint density at radius 1 is 1.18 bits per heavy atom. The number of rotatable bonds is 6. The van der Waals surface area contributed by atoms with Crippen molar-refractivity contribution in [3.05, 3.63) is 29.3 Å². The maximum atomic E-state index is 11.3. The van der Waals surface area contributed by atoms with Crippen molar-refractivity contribution < 1.29 is 8.42 Å². The van der Waals surface area contributed by atoms with Crippen LogP contribution < -0.4 is 15.4 Å². The Labute approximate surface area is 171 Å². The highest BCUT2D eigenvalue weighted by Gasteiger charge is 2.37. The zero-order valence-corrected chi connectivity index (χ0v) is 18.7. The minimum atomic E-state index is -3.20. The van der Waals surface area contributed by atoms with Gasteiger partial charge < -0.3 is 10.6 Å². The van der Waals surface area contributed by atoms with E-state index in [1.165, 1.54) is 11.3 Å². The van der Waals surface area contributed by atoms with Crippen molar-refractivity contribution in [2.45, 2.75) is 64.2 Å². The van der Waals surface area contributed by atoms with Gasteiger partial charge in [0, 0.05) is 34.7 Å². The summed E-state index contributed by atoms with van der Waals surface area (Å²) < 4.78 is 25.0. The first-order chi connectivity index (χ1) is 12.9. The molecule has 2 aromatic rings. The predicted octanol–water partition coefficient (Wildman–Crippen LogP) is 2.98. The van der Waals surface area contributed by atoms with Crippen molar-refractivity contribution in [3.8, 4) is 10.6 Å². The van der Waals surface area contributed by atoms with E-state index < -0.39 is 10.0 Å². The van der Waals surface area contributed by atoms with Crippen molar-refractivity contribution in [1.82, 2.24) is 20.0 Å². The summed E-state index contributed by atoms with van der Waals surface area (Å²) >= 11 is 1.53. The molecule has 0 bridgehead atoms. The first-order valence-electron chi connectivity index (χ1n) is 9.34. The lowest BCUT2D eigenvalue weighted by molar-refractivity contribution is 0.170. The van der Waals surface area contributed by atoms with Gasteiger partial charge in [-0.15, -0.1) is 11.3 Å². The summed E-state index contributed by atoms with van der Waals surface area (Å²) in [4.78, 5) is 11.0. The van der Waals surface area contributed by atoms with Crippen molar-refractivity contribution in [2.75, 3.05) is 11.6 Å². The molecule has 0 atom stereocenters. The van der Waals surface area contributed by atoms with Gasteiger partial charge in [0.05, 0.1) is 16.8 Å². The lowest BCUT2D eigenvalue weighted by Gasteiger charge is -2.46. The standard InChI is InChI=1S/C19H29N5O2S2/c1-18(2)10-13(11-19(3,4)24-18)22-17-20-9-8-15(23-17)16-7-6-14(27-16)12-21-28(5,25)26/h6-9,13,21,24H,10-12H2,1-5H3,(H,20,22,23). The van der Waals surface area contributed by atoms with E-state index in [0.29, 0.717) is 18.5 Å². The Bertz CT molecular complexity index is 921. The SMILES string of the molecule is CC1(C)CC(Nc2nccc(-c3ccc(CNS(C)(=O)=O)s3)n2)CC(C)(C)N1. The van der Waals surface area contributed by atoms with E-state index in [-0.39, 0.29) is 11.1 Å². The molecule has 9 heteroatoms. The van der Waals surface area contributed by atoms with E-state index in [0.717, 1.165) is 34.5 Å². The molecule has 0 saturated carbocycles. The second-order valence-electron chi connectivity index (χ2n) is 8.77. The minimum absolute atomic E-state index is 0.0479. The molecule has 3 heterocycles. The summed E-state index contributed by atoms with van der Waals surface area (Å²) in [5, 5.41) is 7.19. The van der Waals surface area contributed by atoms with Crippen molar-refractivity contribution in [1.29, 1.82) is 0 Å². The van der Waals surface area contributed by atoms with Gasteiger partial charge in [-0.25, -0.2) is 23.1 Å². The molecular formula is C19H29N5O2S2. The highest BCUT2D eigenvalue weighted by Crippen LogP contribution is 2.31. The van der Waals surface area contributed by atoms with Gasteiger partial charge in [-0.3, -0.25) is 0 Å². The topological polar surface area (TPSA) is 96.0 Å². The number of aromatic nitrogens is 2. The fourth-order valence-corrected chi connectivity index (χ4v) is 5.41. The molecule has 0 aliphatic carbocycles. The molecule has 1 saturated heterocycles. The monoisotopic (exact) mass is 423 g/mol. The lowest BCUT2D eigenvalue weighted by atomic mass is 9.80. The highest BCUT2D eigenvalue weighted by molar-refractivity contribution is 7.88. The van der Waals surface area contributed by atoms with Gasteiger partial charge in [-0.1, -0.05) is 0 Å². The van der Waals surface area contributed by atoms with E-state index in [1.807, 2.05) is 18.2 Å². The van der Waals surface area contributed by atoms with Gasteiger partial charge in [-0.2, -0.15) is 0 Å². The van der Waals surface area contributed by atoms with Gasteiger partial charge >= 0.3 is 0 Å². The summed E-state index contributed by atoms with van der Waals surface area (Å²) in [6, 6.07) is 6.05. The number of anilines is 1. The zero-order chi connectivity index (χ0) is 20.6. The maximum absolute atomic E-state index is 11.3. The van der Waals surface area contributed by atoms with E-state index in [1.54, 1.807) is 6.20 Å². The third kappa shape index (κ3) is 5.97. The summed E-state index contributed by atoms with van der Waals surface area (Å²) in [5.74, 6) is 0.625. The van der Waals surface area contributed by atoms with Crippen LogP contribution in [0, 0.1) is 0 Å². The Morgan fingerprint density at radius 2 is 1.86 bits per heavy atom. The second kappa shape index (κ2) is 7.70. The van der Waals surface area contributed by atoms with Gasteiger partial charge in [0.2, 0.25) is 16.0 Å². The average molecular weight is 424 g/mol. The molecule has 2 aromatic heterocycles. The van der Waals surface area contributed by atoms with Gasteiger partial charge in [-0.05, 0) is 58.7 Å². The fourth-order valence-electron chi connectivity index (χ4n) is 3.99. The molecule has 1 aliphatic rings. The first kappa shape index (κ1) is 21.2. The van der Waals surface area contributed by atoms with Crippen LogP contribution in [0.15, 0.2) is 24.4 Å². The quantitative estimate of drug-likeness (QED) is 0.661. The second-order valence-corrected chi connectivity index (χ2v) is 11.8. The van der Waals surface area contributed by atoms with E-state index in [2.05, 4.69) is 53.0 Å². The third-order valence-corrected chi connectivity index (χ3v) is 6.38. The molecule has 0 spiro atoms. The molecule has 0 aromatic carbocycles. The van der Waals surface area contributed by atoms with Gasteiger partial charge in [0.1, 0.15) is 0 Å². The van der Waals surface area contributed by atoms with E-state index >= 15 is 0 Å². The summed E-state index contributed by atoms with van der Waals surface area (Å²) in [6.45, 7) is 9.17. The molecule has 3 rings (SSSR count). The number of thiophene rings is 1. The van der Waals surface area contributed by atoms with Gasteiger partial charge in [0.25, 0.3) is 0 Å². The van der Waals surface area contributed by atoms with Crippen LogP contribution >= 0.6 is 11.3 Å². The van der Waals surface area contributed by atoms with E-state index in [4.69, 9.17) is 0 Å². The van der Waals surface area contributed by atoms with Crippen LogP contribution in [-0.4, -0.2) is 41.8 Å². The Morgan fingerprint density at radius 3 is 2.50 bits per heavy atom. The maximum Gasteiger partial charge on any atom is 0.223 e. The largest absolute Gasteiger partial charge is 0.351 e. The molecule has 1 fully saturated rings. The lowest BCUT2D eigenvalue weighted by Crippen LogP contribution is -2.60. The van der Waals surface area contributed by atoms with E-state index in [9.17, 15) is 8.42 Å². The van der Waals surface area contributed by atoms with Gasteiger partial charge in [0.15, 0.2) is 0 Å². The van der Waals surface area contributed by atoms with Crippen molar-refractivity contribution in [3.63, 3.8) is 0 Å². The highest BCUT2D eigenvalue weighted by atomic mass is 32.2. The Hall–Kier alpha value is -1.55. The number of hydrogen-bond acceptors (Lipinski definition) is 7. The number of hydrogen-bond donors (Lipinski definition) is 3. The summed E-state index contributed by atoms with van der Waals surface area (Å²) in [7, 11) is -3.20. The number of nitrogens with one attached hydrogen (secondary N) is 3. The van der Waals surface area contributed by atoms with Crippen LogP contribution in [-0.2, 0) is 16.6 Å². The number of nitrogens with zero attached hydrogens (tertiary/aromatic N) is 2. The smallest absolute Gasteiger partial charge is 0.223 e. The van der Waals surface area contributed by atoms with Crippen LogP contribution in [0.4, 0.5) is 5.95 Å². The molecule has 1 aliphatic heterocycles. The van der Waals surface area contributed by atoms with Crippen LogP contribution in [0.5, 0.6) is 0 Å². The number of sulfonamides is 1. The van der Waals surface area contributed by atoms with Crippen LogP contribution in [0.1, 0.15) is 45.4 Å². The molecule has 28 heavy (non-hydrogen) atoms. The first-order valence-corrected chi connectivity index (χ1v) is 12.0.